The molecule has 10 heavy (non-hydrogen) atoms. The summed E-state index contributed by atoms with van der Waals surface area (Å²) in [5.74, 6) is -0.647. The predicted octanol–water partition coefficient (Wildman–Crippen LogP) is 2.04. The number of nitrogens with zero attached hydrogens (tertiary/aromatic N) is 2. The third kappa shape index (κ3) is 1.15. The first-order chi connectivity index (χ1) is 4.75. The second-order valence-electron chi connectivity index (χ2n) is 1.82. The molecule has 0 saturated carbocycles. The minimum absolute atomic E-state index is 0.0148. The van der Waals surface area contributed by atoms with E-state index in [1.165, 1.54) is 6.08 Å². The average molecular weight is 159 g/mol. The van der Waals surface area contributed by atoms with Gasteiger partial charge in [-0.1, -0.05) is 17.7 Å². The van der Waals surface area contributed by atoms with Crippen molar-refractivity contribution in [3.05, 3.63) is 28.5 Å². The van der Waals surface area contributed by atoms with Crippen LogP contribution in [0.3, 0.4) is 0 Å². The first kappa shape index (κ1) is 7.19. The highest BCUT2D eigenvalue weighted by Crippen LogP contribution is 2.19. The third-order valence-corrected chi connectivity index (χ3v) is 1.45. The SMILES string of the molecule is [N-]=[N+]=C1CC=CC(Cl)=C1F. The highest BCUT2D eigenvalue weighted by atomic mass is 35.5. The molecule has 0 heterocycles. The molecular formula is C6H4ClFN2. The molecule has 0 bridgehead atoms. The van der Waals surface area contributed by atoms with Crippen molar-refractivity contribution in [2.75, 3.05) is 0 Å². The van der Waals surface area contributed by atoms with Crippen molar-refractivity contribution >= 4 is 17.3 Å². The van der Waals surface area contributed by atoms with Gasteiger partial charge >= 0.3 is 5.71 Å². The van der Waals surface area contributed by atoms with E-state index in [0.29, 0.717) is 6.42 Å². The first-order valence-corrected chi connectivity index (χ1v) is 3.06. The third-order valence-electron chi connectivity index (χ3n) is 1.16. The summed E-state index contributed by atoms with van der Waals surface area (Å²) in [7, 11) is 0. The molecule has 0 fully saturated rings. The van der Waals surface area contributed by atoms with Gasteiger partial charge in [-0.15, -0.1) is 0 Å². The lowest BCUT2D eigenvalue weighted by Crippen LogP contribution is -2.03. The zero-order valence-corrected chi connectivity index (χ0v) is 5.77. The van der Waals surface area contributed by atoms with E-state index in [2.05, 4.69) is 4.79 Å². The Labute approximate surface area is 62.2 Å². The van der Waals surface area contributed by atoms with Crippen LogP contribution in [0.15, 0.2) is 23.0 Å². The summed E-state index contributed by atoms with van der Waals surface area (Å²) in [6.07, 6.45) is 3.35. The fourth-order valence-electron chi connectivity index (χ4n) is 0.659. The van der Waals surface area contributed by atoms with Crippen molar-refractivity contribution < 1.29 is 9.18 Å². The lowest BCUT2D eigenvalue weighted by Gasteiger charge is -1.96. The van der Waals surface area contributed by atoms with Crippen molar-refractivity contribution in [2.45, 2.75) is 6.42 Å². The van der Waals surface area contributed by atoms with Crippen LogP contribution in [0, 0.1) is 0 Å². The molecule has 1 aliphatic carbocycles. The summed E-state index contributed by atoms with van der Waals surface area (Å²) >= 11 is 5.37. The van der Waals surface area contributed by atoms with E-state index >= 15 is 0 Å². The van der Waals surface area contributed by atoms with Gasteiger partial charge in [0, 0.05) is 0 Å². The van der Waals surface area contributed by atoms with E-state index in [1.54, 1.807) is 6.08 Å². The lowest BCUT2D eigenvalue weighted by atomic mass is 10.1. The number of rotatable bonds is 0. The van der Waals surface area contributed by atoms with Crippen LogP contribution < -0.4 is 0 Å². The highest BCUT2D eigenvalue weighted by Gasteiger charge is 2.20. The molecule has 0 aromatic heterocycles. The summed E-state index contributed by atoms with van der Waals surface area (Å²) in [5, 5.41) is -0.0148. The minimum Gasteiger partial charge on any atom is -0.361 e. The molecule has 0 radical (unpaired) electrons. The van der Waals surface area contributed by atoms with Crippen LogP contribution >= 0.6 is 11.6 Å². The second-order valence-corrected chi connectivity index (χ2v) is 2.22. The molecule has 4 heteroatoms. The van der Waals surface area contributed by atoms with Crippen LogP contribution in [0.4, 0.5) is 4.39 Å². The summed E-state index contributed by atoms with van der Waals surface area (Å²) in [6, 6.07) is 0. The monoisotopic (exact) mass is 158 g/mol. The molecule has 0 aliphatic heterocycles. The molecule has 2 nitrogen and oxygen atoms in total. The smallest absolute Gasteiger partial charge is 0.332 e. The maximum atomic E-state index is 12.6. The van der Waals surface area contributed by atoms with E-state index in [4.69, 9.17) is 17.1 Å². The molecule has 0 aromatic rings. The molecule has 1 rings (SSSR count). The van der Waals surface area contributed by atoms with Crippen molar-refractivity contribution in [3.8, 4) is 0 Å². The van der Waals surface area contributed by atoms with Gasteiger partial charge in [0.15, 0.2) is 0 Å². The van der Waals surface area contributed by atoms with Crippen molar-refractivity contribution in [2.24, 2.45) is 0 Å². The number of hydrogen-bond acceptors (Lipinski definition) is 0. The predicted molar refractivity (Wildman–Crippen MR) is 36.4 cm³/mol. The molecule has 0 N–H and O–H groups in total. The van der Waals surface area contributed by atoms with Crippen LogP contribution in [0.5, 0.6) is 0 Å². The number of halogens is 2. The molecule has 0 spiro atoms. The van der Waals surface area contributed by atoms with Gasteiger partial charge in [0.1, 0.15) is 0 Å². The Morgan fingerprint density at radius 2 is 2.40 bits per heavy atom. The van der Waals surface area contributed by atoms with Gasteiger partial charge < -0.3 is 5.53 Å². The summed E-state index contributed by atoms with van der Waals surface area (Å²) in [5.41, 5.74) is 8.18. The highest BCUT2D eigenvalue weighted by molar-refractivity contribution is 6.33. The zero-order valence-electron chi connectivity index (χ0n) is 5.01. The van der Waals surface area contributed by atoms with Gasteiger partial charge in [-0.05, 0) is 6.08 Å². The lowest BCUT2D eigenvalue weighted by molar-refractivity contribution is -0.00831. The fraction of sp³-hybridized carbons (Fsp3) is 0.167. The summed E-state index contributed by atoms with van der Waals surface area (Å²) in [6.45, 7) is 0. The number of hydrogen-bond donors (Lipinski definition) is 0. The maximum Gasteiger partial charge on any atom is 0.332 e. The fourth-order valence-corrected chi connectivity index (χ4v) is 0.858. The van der Waals surface area contributed by atoms with Crippen LogP contribution in [-0.2, 0) is 0 Å². The second kappa shape index (κ2) is 2.78. The Morgan fingerprint density at radius 3 is 2.90 bits per heavy atom. The molecule has 1 aliphatic rings. The van der Waals surface area contributed by atoms with E-state index in [1.807, 2.05) is 0 Å². The van der Waals surface area contributed by atoms with Gasteiger partial charge in [-0.3, -0.25) is 0 Å². The Kier molecular flexibility index (Phi) is 2.00. The van der Waals surface area contributed by atoms with Crippen LogP contribution in [0.2, 0.25) is 0 Å². The molecule has 0 amide bonds. The van der Waals surface area contributed by atoms with Gasteiger partial charge in [-0.2, -0.15) is 9.18 Å². The standard InChI is InChI=1S/C6H4ClFN2/c7-4-2-1-3-5(10-9)6(4)8/h1-2H,3H2. The van der Waals surface area contributed by atoms with Gasteiger partial charge in [-0.25, -0.2) is 0 Å². The van der Waals surface area contributed by atoms with Crippen molar-refractivity contribution in [3.63, 3.8) is 0 Å². The van der Waals surface area contributed by atoms with E-state index < -0.39 is 5.83 Å². The minimum atomic E-state index is -0.647. The van der Waals surface area contributed by atoms with E-state index in [-0.39, 0.29) is 10.7 Å². The Bertz CT molecular complexity index is 261. The quantitative estimate of drug-likeness (QED) is 0.382. The molecular weight excluding hydrogens is 155 g/mol. The summed E-state index contributed by atoms with van der Waals surface area (Å²) < 4.78 is 12.6. The van der Waals surface area contributed by atoms with Crippen LogP contribution in [-0.4, -0.2) is 10.5 Å². The van der Waals surface area contributed by atoms with Crippen LogP contribution in [0.25, 0.3) is 5.53 Å². The molecule has 0 aromatic carbocycles. The molecule has 0 unspecified atom stereocenters. The molecule has 0 saturated heterocycles. The van der Waals surface area contributed by atoms with Gasteiger partial charge in [0.05, 0.1) is 11.5 Å². The Hall–Kier alpha value is -0.920. The largest absolute Gasteiger partial charge is 0.361 e. The van der Waals surface area contributed by atoms with E-state index in [9.17, 15) is 4.39 Å². The normalized spacial score (nSPS) is 17.6. The van der Waals surface area contributed by atoms with Crippen molar-refractivity contribution in [1.82, 2.24) is 0 Å². The number of allylic oxidation sites excluding steroid dienone is 4. The topological polar surface area (TPSA) is 36.4 Å². The van der Waals surface area contributed by atoms with E-state index in [0.717, 1.165) is 0 Å². The summed E-state index contributed by atoms with van der Waals surface area (Å²) in [4.78, 5) is 2.73. The zero-order chi connectivity index (χ0) is 7.56. The average Bonchev–Trinajstić information content (AvgIpc) is 1.95. The maximum absolute atomic E-state index is 12.6. The van der Waals surface area contributed by atoms with Gasteiger partial charge in [0.2, 0.25) is 5.83 Å². The first-order valence-electron chi connectivity index (χ1n) is 2.69. The van der Waals surface area contributed by atoms with Gasteiger partial charge in [0.25, 0.3) is 0 Å². The molecule has 52 valence electrons. The Balaban J connectivity index is 3.10. The Morgan fingerprint density at radius 1 is 1.70 bits per heavy atom. The molecule has 0 atom stereocenters. The van der Waals surface area contributed by atoms with Crippen molar-refractivity contribution in [1.29, 1.82) is 0 Å². The van der Waals surface area contributed by atoms with Crippen LogP contribution in [0.1, 0.15) is 6.42 Å².